The molecule has 0 saturated heterocycles. The van der Waals surface area contributed by atoms with Crippen molar-refractivity contribution >= 4 is 17.4 Å². The molecule has 1 aromatic carbocycles. The van der Waals surface area contributed by atoms with E-state index < -0.39 is 0 Å². The lowest BCUT2D eigenvalue weighted by molar-refractivity contribution is 0.449. The van der Waals surface area contributed by atoms with Gasteiger partial charge < -0.3 is 10.2 Å². The Bertz CT molecular complexity index is 309. The van der Waals surface area contributed by atoms with Gasteiger partial charge in [0.15, 0.2) is 0 Å². The fourth-order valence-electron chi connectivity index (χ4n) is 0.836. The van der Waals surface area contributed by atoms with Gasteiger partial charge in [-0.1, -0.05) is 0 Å². The highest BCUT2D eigenvalue weighted by Crippen LogP contribution is 2.22. The minimum absolute atomic E-state index is 0.0568. The molecule has 0 heterocycles. The largest absolute Gasteiger partial charge is 0.508 e. The number of ketones is 1. The fourth-order valence-corrected chi connectivity index (χ4v) is 0.980. The van der Waals surface area contributed by atoms with Gasteiger partial charge in [-0.3, -0.25) is 4.79 Å². The first-order valence-electron chi connectivity index (χ1n) is 3.28. The Labute approximate surface area is 74.2 Å². The Morgan fingerprint density at radius 2 is 2.08 bits per heavy atom. The van der Waals surface area contributed by atoms with Crippen LogP contribution < -0.4 is 0 Å². The van der Waals surface area contributed by atoms with Crippen LogP contribution in [0, 0.1) is 0 Å². The highest BCUT2D eigenvalue weighted by Gasteiger charge is 2.15. The van der Waals surface area contributed by atoms with Crippen molar-refractivity contribution in [3.8, 4) is 11.5 Å². The summed E-state index contributed by atoms with van der Waals surface area (Å²) >= 11 is 5.34. The predicted octanol–water partition coefficient (Wildman–Crippen LogP) is 1.23. The van der Waals surface area contributed by atoms with Crippen molar-refractivity contribution < 1.29 is 15.0 Å². The van der Waals surface area contributed by atoms with Gasteiger partial charge in [-0.05, 0) is 12.1 Å². The van der Waals surface area contributed by atoms with E-state index in [1.807, 2.05) is 0 Å². The van der Waals surface area contributed by atoms with Gasteiger partial charge in [-0.25, -0.2) is 0 Å². The molecule has 0 saturated carbocycles. The van der Waals surface area contributed by atoms with E-state index in [4.69, 9.17) is 21.5 Å². The maximum Gasteiger partial charge on any atom is 0.341 e. The third-order valence-electron chi connectivity index (χ3n) is 1.42. The third-order valence-corrected chi connectivity index (χ3v) is 1.67. The number of aromatic hydroxyl groups is 2. The van der Waals surface area contributed by atoms with Gasteiger partial charge in [0, 0.05) is 6.07 Å². The van der Waals surface area contributed by atoms with E-state index in [0.717, 1.165) is 6.07 Å². The van der Waals surface area contributed by atoms with E-state index in [0.29, 0.717) is 0 Å². The topological polar surface area (TPSA) is 61.9 Å². The zero-order valence-corrected chi connectivity index (χ0v) is 6.91. The molecule has 0 atom stereocenters. The van der Waals surface area contributed by atoms with E-state index in [1.165, 1.54) is 12.1 Å². The van der Waals surface area contributed by atoms with Crippen LogP contribution >= 0.6 is 11.6 Å². The summed E-state index contributed by atoms with van der Waals surface area (Å²) in [6.07, 6.45) is 0. The second-order valence-corrected chi connectivity index (χ2v) is 2.55. The molecule has 0 radical (unpaired) electrons. The summed E-state index contributed by atoms with van der Waals surface area (Å²) in [5.74, 6) is -0.431. The van der Waals surface area contributed by atoms with Gasteiger partial charge in [0.05, 0.1) is 0 Å². The Balaban J connectivity index is 3.09. The second-order valence-electron chi connectivity index (χ2n) is 2.28. The number of hydrogen-bond acceptors (Lipinski definition) is 2. The van der Waals surface area contributed by atoms with Crippen molar-refractivity contribution in [3.63, 3.8) is 0 Å². The Morgan fingerprint density at radius 1 is 1.42 bits per heavy atom. The minimum Gasteiger partial charge on any atom is -0.508 e. The molecule has 1 rings (SSSR count). The molecule has 64 valence electrons. The van der Waals surface area contributed by atoms with Crippen LogP contribution in [0.2, 0.25) is 0 Å². The molecule has 1 aromatic rings. The van der Waals surface area contributed by atoms with E-state index in [-0.39, 0.29) is 28.7 Å². The maximum atomic E-state index is 9.19. The molecule has 0 aliphatic carbocycles. The van der Waals surface area contributed by atoms with Gasteiger partial charge in [0.2, 0.25) is 0 Å². The van der Waals surface area contributed by atoms with Crippen LogP contribution in [0.15, 0.2) is 18.2 Å². The number of halogens is 1. The number of phenols is 2. The van der Waals surface area contributed by atoms with E-state index in [2.05, 4.69) is 0 Å². The number of hydrogen-bond donors (Lipinski definition) is 2. The predicted molar refractivity (Wildman–Crippen MR) is 46.5 cm³/mol. The van der Waals surface area contributed by atoms with Crippen LogP contribution in [-0.2, 0) is 0 Å². The van der Waals surface area contributed by atoms with Gasteiger partial charge in [-0.2, -0.15) is 0 Å². The van der Waals surface area contributed by atoms with Crippen molar-refractivity contribution in [1.29, 1.82) is 0 Å². The summed E-state index contributed by atoms with van der Waals surface area (Å²) in [4.78, 5) is 9.14. The molecule has 0 spiro atoms. The summed E-state index contributed by atoms with van der Waals surface area (Å²) in [6.45, 7) is 0. The summed E-state index contributed by atoms with van der Waals surface area (Å²) in [5.41, 5.74) is 0.239. The van der Waals surface area contributed by atoms with Crippen molar-refractivity contribution in [3.05, 3.63) is 23.8 Å². The molecule has 12 heavy (non-hydrogen) atoms. The number of alkyl halides is 1. The van der Waals surface area contributed by atoms with Gasteiger partial charge in [0.1, 0.15) is 22.9 Å². The van der Waals surface area contributed by atoms with E-state index in [9.17, 15) is 5.11 Å². The van der Waals surface area contributed by atoms with Crippen LogP contribution in [0.5, 0.6) is 11.5 Å². The Hall–Kier alpha value is -1.22. The van der Waals surface area contributed by atoms with Gasteiger partial charge in [-0.15, -0.1) is 11.6 Å². The molecule has 0 amide bonds. The van der Waals surface area contributed by atoms with E-state index >= 15 is 0 Å². The molecule has 4 heteroatoms. The maximum absolute atomic E-state index is 9.19. The zero-order chi connectivity index (χ0) is 9.14. The lowest BCUT2D eigenvalue weighted by Gasteiger charge is -1.97. The summed E-state index contributed by atoms with van der Waals surface area (Å²) in [7, 11) is 0. The highest BCUT2D eigenvalue weighted by atomic mass is 35.5. The molecule has 3 nitrogen and oxygen atoms in total. The van der Waals surface area contributed by atoms with Crippen LogP contribution in [0.3, 0.4) is 0 Å². The van der Waals surface area contributed by atoms with Crippen molar-refractivity contribution in [2.45, 2.75) is 0 Å². The molecule has 0 aliphatic heterocycles. The van der Waals surface area contributed by atoms with Crippen molar-refractivity contribution in [2.24, 2.45) is 0 Å². The lowest BCUT2D eigenvalue weighted by atomic mass is 10.1. The summed E-state index contributed by atoms with van der Waals surface area (Å²) in [6, 6.07) is 3.89. The first-order chi connectivity index (χ1) is 5.65. The molecule has 0 fully saturated rings. The average molecular weight is 188 g/mol. The molecule has 0 bridgehead atoms. The average Bonchev–Trinajstić information content (AvgIpc) is 2.03. The second kappa shape index (κ2) is 3.45. The fraction of sp³-hybridized carbons (Fsp3) is 0.125. The highest BCUT2D eigenvalue weighted by molar-refractivity contribution is 6.31. The number of carbonyl (C=O) groups excluding carboxylic acids is 1. The van der Waals surface area contributed by atoms with Crippen LogP contribution in [0.4, 0.5) is 0 Å². The SMILES string of the molecule is Oc1ccc(C(=[OH+])CCl)c(O)c1. The molecular formula is C8H8ClO3+. The van der Waals surface area contributed by atoms with Crippen LogP contribution in [-0.4, -0.2) is 26.7 Å². The molecule has 0 unspecified atom stereocenters. The normalized spacial score (nSPS) is 9.75. The summed E-state index contributed by atoms with van der Waals surface area (Å²) in [5, 5.41) is 18.1. The van der Waals surface area contributed by atoms with Crippen molar-refractivity contribution in [1.82, 2.24) is 0 Å². The molecule has 3 N–H and O–H groups in total. The first-order valence-corrected chi connectivity index (χ1v) is 3.81. The van der Waals surface area contributed by atoms with Gasteiger partial charge in [0.25, 0.3) is 0 Å². The Morgan fingerprint density at radius 3 is 2.58 bits per heavy atom. The monoisotopic (exact) mass is 187 g/mol. The smallest absolute Gasteiger partial charge is 0.341 e. The summed E-state index contributed by atoms with van der Waals surface area (Å²) < 4.78 is 0. The van der Waals surface area contributed by atoms with Crippen LogP contribution in [0.1, 0.15) is 5.56 Å². The first kappa shape index (κ1) is 8.87. The third kappa shape index (κ3) is 1.68. The number of benzene rings is 1. The standard InChI is InChI=1S/C8H7ClO3/c9-4-8(12)6-2-1-5(10)3-7(6)11/h1-3,10-11H,4H2/p+1. The quantitative estimate of drug-likeness (QED) is 0.416. The van der Waals surface area contributed by atoms with Crippen molar-refractivity contribution in [2.75, 3.05) is 5.88 Å². The van der Waals surface area contributed by atoms with Gasteiger partial charge >= 0.3 is 5.78 Å². The molecule has 0 aliphatic rings. The lowest BCUT2D eigenvalue weighted by Crippen LogP contribution is -2.01. The number of phenolic OH excluding ortho intramolecular Hbond substituents is 2. The van der Waals surface area contributed by atoms with E-state index in [1.54, 1.807) is 0 Å². The zero-order valence-electron chi connectivity index (χ0n) is 6.16. The molecule has 0 aromatic heterocycles. The molecular weight excluding hydrogens is 180 g/mol. The van der Waals surface area contributed by atoms with Crippen LogP contribution in [0.25, 0.3) is 0 Å². The minimum atomic E-state index is -0.187. The number of rotatable bonds is 2. The Kier molecular flexibility index (Phi) is 2.55.